The lowest BCUT2D eigenvalue weighted by molar-refractivity contribution is 0.235. The Hall–Kier alpha value is -3.57. The number of H-pyrrole nitrogens is 1. The molecule has 3 N–H and O–H groups in total. The van der Waals surface area contributed by atoms with Gasteiger partial charge in [0.05, 0.1) is 22.9 Å². The normalized spacial score (nSPS) is 13.7. The number of nitrogens with one attached hydrogen (secondary N) is 1. The molecule has 0 unspecified atom stereocenters. The summed E-state index contributed by atoms with van der Waals surface area (Å²) in [7, 11) is 0. The van der Waals surface area contributed by atoms with Gasteiger partial charge in [0.15, 0.2) is 0 Å². The van der Waals surface area contributed by atoms with E-state index >= 15 is 0 Å². The molecule has 0 amide bonds. The Kier molecular flexibility index (Phi) is 4.82. The molecular formula is C21H17F2N5O. The van der Waals surface area contributed by atoms with Gasteiger partial charge >= 0.3 is 0 Å². The zero-order valence-corrected chi connectivity index (χ0v) is 15.4. The molecule has 0 saturated heterocycles. The first-order chi connectivity index (χ1) is 13.9. The summed E-state index contributed by atoms with van der Waals surface area (Å²) < 4.78 is 28.4. The molecule has 4 rings (SSSR count). The number of anilines is 1. The van der Waals surface area contributed by atoms with E-state index in [0.29, 0.717) is 35.7 Å². The van der Waals surface area contributed by atoms with Gasteiger partial charge in [-0.25, -0.2) is 13.8 Å². The van der Waals surface area contributed by atoms with Gasteiger partial charge < -0.3 is 10.7 Å². The maximum Gasteiger partial charge on any atom is 0.255 e. The van der Waals surface area contributed by atoms with Crippen molar-refractivity contribution in [1.82, 2.24) is 14.9 Å². The zero-order chi connectivity index (χ0) is 20.5. The summed E-state index contributed by atoms with van der Waals surface area (Å²) >= 11 is 0. The number of hydrogen-bond acceptors (Lipinski definition) is 5. The third-order valence-corrected chi connectivity index (χ3v) is 4.98. The van der Waals surface area contributed by atoms with Crippen LogP contribution in [0.2, 0.25) is 0 Å². The molecule has 6 nitrogen and oxygen atoms in total. The third kappa shape index (κ3) is 3.73. The van der Waals surface area contributed by atoms with Crippen molar-refractivity contribution in [2.45, 2.75) is 19.5 Å². The van der Waals surface area contributed by atoms with E-state index in [1.54, 1.807) is 35.2 Å². The maximum absolute atomic E-state index is 14.2. The molecule has 0 spiro atoms. The molecule has 3 aromatic rings. The third-order valence-electron chi connectivity index (χ3n) is 4.98. The van der Waals surface area contributed by atoms with Crippen LogP contribution in [0.1, 0.15) is 22.4 Å². The first-order valence-corrected chi connectivity index (χ1v) is 9.03. The SMILES string of the molecule is N#Cc1cc(F)c(CN2CCc3nc(-c4ccc(N)cc4)[nH]c(=O)c3C2)c(F)c1. The van der Waals surface area contributed by atoms with Crippen LogP contribution in [0.5, 0.6) is 0 Å². The van der Waals surface area contributed by atoms with Gasteiger partial charge in [0.1, 0.15) is 17.5 Å². The molecule has 1 aliphatic heterocycles. The quantitative estimate of drug-likeness (QED) is 0.667. The van der Waals surface area contributed by atoms with Crippen LogP contribution in [0, 0.1) is 23.0 Å². The molecule has 146 valence electrons. The lowest BCUT2D eigenvalue weighted by Gasteiger charge is -2.28. The number of benzene rings is 2. The van der Waals surface area contributed by atoms with Crippen LogP contribution in [-0.2, 0) is 19.5 Å². The molecule has 0 saturated carbocycles. The van der Waals surface area contributed by atoms with Gasteiger partial charge in [0.2, 0.25) is 0 Å². The number of halogens is 2. The topological polar surface area (TPSA) is 98.8 Å². The molecule has 0 aliphatic carbocycles. The van der Waals surface area contributed by atoms with Crippen molar-refractivity contribution in [2.75, 3.05) is 12.3 Å². The van der Waals surface area contributed by atoms with E-state index in [1.165, 1.54) is 0 Å². The minimum absolute atomic E-state index is 0.00195. The number of nitrogens with two attached hydrogens (primary N) is 1. The minimum atomic E-state index is -0.766. The Bertz CT molecular complexity index is 1160. The van der Waals surface area contributed by atoms with Gasteiger partial charge in [-0.3, -0.25) is 9.69 Å². The first-order valence-electron chi connectivity index (χ1n) is 9.03. The Morgan fingerprint density at radius 3 is 2.55 bits per heavy atom. The fourth-order valence-corrected chi connectivity index (χ4v) is 3.44. The van der Waals surface area contributed by atoms with Crippen molar-refractivity contribution >= 4 is 5.69 Å². The number of aromatic nitrogens is 2. The molecule has 1 aromatic heterocycles. The van der Waals surface area contributed by atoms with Crippen LogP contribution in [0.3, 0.4) is 0 Å². The molecule has 2 heterocycles. The summed E-state index contributed by atoms with van der Waals surface area (Å²) in [5.41, 5.74) is 7.78. The van der Waals surface area contributed by atoms with E-state index in [4.69, 9.17) is 11.0 Å². The maximum atomic E-state index is 14.2. The van der Waals surface area contributed by atoms with Crippen molar-refractivity contribution in [2.24, 2.45) is 0 Å². The Labute approximate surface area is 165 Å². The highest BCUT2D eigenvalue weighted by Gasteiger charge is 2.23. The molecule has 29 heavy (non-hydrogen) atoms. The average molecular weight is 393 g/mol. The Morgan fingerprint density at radius 1 is 1.21 bits per heavy atom. The van der Waals surface area contributed by atoms with Gasteiger partial charge in [-0.15, -0.1) is 0 Å². The van der Waals surface area contributed by atoms with Crippen LogP contribution in [0.4, 0.5) is 14.5 Å². The van der Waals surface area contributed by atoms with Gasteiger partial charge in [-0.2, -0.15) is 5.26 Å². The van der Waals surface area contributed by atoms with Crippen molar-refractivity contribution < 1.29 is 8.78 Å². The molecule has 0 bridgehead atoms. The molecule has 8 heteroatoms. The molecule has 0 radical (unpaired) electrons. The summed E-state index contributed by atoms with van der Waals surface area (Å²) in [5.74, 6) is -1.07. The van der Waals surface area contributed by atoms with E-state index in [0.717, 1.165) is 17.7 Å². The summed E-state index contributed by atoms with van der Waals surface area (Å²) in [6.45, 7) is 0.740. The highest BCUT2D eigenvalue weighted by Crippen LogP contribution is 2.23. The van der Waals surface area contributed by atoms with Crippen molar-refractivity contribution in [3.05, 3.63) is 80.8 Å². The van der Waals surface area contributed by atoms with E-state index in [1.807, 2.05) is 0 Å². The largest absolute Gasteiger partial charge is 0.399 e. The van der Waals surface area contributed by atoms with Gasteiger partial charge in [0.25, 0.3) is 5.56 Å². The predicted octanol–water partition coefficient (Wildman–Crippen LogP) is 2.73. The molecule has 0 fully saturated rings. The highest BCUT2D eigenvalue weighted by atomic mass is 19.1. The highest BCUT2D eigenvalue weighted by molar-refractivity contribution is 5.58. The Morgan fingerprint density at radius 2 is 1.90 bits per heavy atom. The Balaban J connectivity index is 1.59. The second kappa shape index (κ2) is 7.45. The number of aromatic amines is 1. The van der Waals surface area contributed by atoms with Gasteiger partial charge in [-0.1, -0.05) is 0 Å². The second-order valence-electron chi connectivity index (χ2n) is 6.95. The van der Waals surface area contributed by atoms with Gasteiger partial charge in [0, 0.05) is 42.9 Å². The number of nitrogen functional groups attached to an aromatic ring is 1. The zero-order valence-electron chi connectivity index (χ0n) is 15.4. The molecular weight excluding hydrogens is 376 g/mol. The number of nitrogens with zero attached hydrogens (tertiary/aromatic N) is 3. The van der Waals surface area contributed by atoms with E-state index in [2.05, 4.69) is 9.97 Å². The van der Waals surface area contributed by atoms with E-state index < -0.39 is 11.6 Å². The van der Waals surface area contributed by atoms with E-state index in [9.17, 15) is 13.6 Å². The van der Waals surface area contributed by atoms with Crippen LogP contribution < -0.4 is 11.3 Å². The summed E-state index contributed by atoms with van der Waals surface area (Å²) in [6.07, 6.45) is 0.487. The molecule has 0 atom stereocenters. The molecule has 1 aliphatic rings. The standard InChI is InChI=1S/C21H17F2N5O/c22-17-7-12(9-24)8-18(23)15(17)10-28-6-5-19-16(11-28)21(29)27-20(26-19)13-1-3-14(25)4-2-13/h1-4,7-8H,5-6,10-11,25H2,(H,26,27,29). The van der Waals surface area contributed by atoms with Gasteiger partial charge in [-0.05, 0) is 36.4 Å². The summed E-state index contributed by atoms with van der Waals surface area (Å²) in [6, 6.07) is 10.8. The van der Waals surface area contributed by atoms with Crippen molar-refractivity contribution in [1.29, 1.82) is 5.26 Å². The van der Waals surface area contributed by atoms with Crippen molar-refractivity contribution in [3.63, 3.8) is 0 Å². The number of fused-ring (bicyclic) bond motifs is 1. The predicted molar refractivity (Wildman–Crippen MR) is 104 cm³/mol. The first kappa shape index (κ1) is 18.8. The van der Waals surface area contributed by atoms with Crippen LogP contribution >= 0.6 is 0 Å². The molecule has 2 aromatic carbocycles. The minimum Gasteiger partial charge on any atom is -0.399 e. The van der Waals surface area contributed by atoms with Crippen LogP contribution in [0.15, 0.2) is 41.2 Å². The second-order valence-corrected chi connectivity index (χ2v) is 6.95. The van der Waals surface area contributed by atoms with Crippen LogP contribution in [0.25, 0.3) is 11.4 Å². The summed E-state index contributed by atoms with van der Waals surface area (Å²) in [5, 5.41) is 8.81. The number of nitriles is 1. The fraction of sp³-hybridized carbons (Fsp3) is 0.190. The van der Waals surface area contributed by atoms with E-state index in [-0.39, 0.29) is 29.8 Å². The lowest BCUT2D eigenvalue weighted by Crippen LogP contribution is -2.35. The average Bonchev–Trinajstić information content (AvgIpc) is 2.71. The number of rotatable bonds is 3. The smallest absolute Gasteiger partial charge is 0.255 e. The monoisotopic (exact) mass is 393 g/mol. The number of hydrogen-bond donors (Lipinski definition) is 2. The fourth-order valence-electron chi connectivity index (χ4n) is 3.44. The van der Waals surface area contributed by atoms with Crippen LogP contribution in [-0.4, -0.2) is 21.4 Å². The lowest BCUT2D eigenvalue weighted by atomic mass is 10.0. The van der Waals surface area contributed by atoms with Crippen molar-refractivity contribution in [3.8, 4) is 17.5 Å². The summed E-state index contributed by atoms with van der Waals surface area (Å²) in [4.78, 5) is 21.7.